The highest BCUT2D eigenvalue weighted by Gasteiger charge is 2.05. The zero-order chi connectivity index (χ0) is 12.0. The Bertz CT molecular complexity index is 412. The van der Waals surface area contributed by atoms with Crippen LogP contribution in [0.1, 0.15) is 6.92 Å². The average Bonchev–Trinajstić information content (AvgIpc) is 2.28. The van der Waals surface area contributed by atoms with E-state index in [-0.39, 0.29) is 5.70 Å². The predicted octanol–water partition coefficient (Wildman–Crippen LogP) is 3.61. The molecule has 0 aromatic heterocycles. The number of hydrogen-bond donors (Lipinski definition) is 0. The fraction of sp³-hybridized carbons (Fsp3) is 0.182. The minimum absolute atomic E-state index is 0.00947. The minimum atomic E-state index is -0.552. The van der Waals surface area contributed by atoms with Crippen molar-refractivity contribution in [2.24, 2.45) is 10.2 Å². The lowest BCUT2D eigenvalue weighted by Gasteiger charge is -1.98. The van der Waals surface area contributed by atoms with Gasteiger partial charge in [-0.2, -0.15) is 5.11 Å². The van der Waals surface area contributed by atoms with Crippen molar-refractivity contribution in [1.29, 1.82) is 0 Å². The number of halogens is 1. The summed E-state index contributed by atoms with van der Waals surface area (Å²) in [6.07, 6.45) is 0. The molecule has 0 radical (unpaired) electrons. The Hall–Kier alpha value is -1.49. The first kappa shape index (κ1) is 12.6. The van der Waals surface area contributed by atoms with Crippen molar-refractivity contribution >= 4 is 27.6 Å². The topological polar surface area (TPSA) is 51.0 Å². The third kappa shape index (κ3) is 3.94. The van der Waals surface area contributed by atoms with Gasteiger partial charge in [0.1, 0.15) is 0 Å². The SMILES string of the molecule is C=C(/N=N\c1ccc(Br)cc1)C(=O)OCC. The average molecular weight is 283 g/mol. The molecule has 0 unspecified atom stereocenters. The normalized spacial score (nSPS) is 10.4. The maximum atomic E-state index is 11.1. The number of rotatable bonds is 4. The maximum absolute atomic E-state index is 11.1. The van der Waals surface area contributed by atoms with E-state index in [0.29, 0.717) is 12.3 Å². The molecule has 84 valence electrons. The molecule has 0 amide bonds. The first-order valence-electron chi connectivity index (χ1n) is 4.67. The molecule has 0 saturated heterocycles. The van der Waals surface area contributed by atoms with Crippen LogP contribution in [0.2, 0.25) is 0 Å². The lowest BCUT2D eigenvalue weighted by Crippen LogP contribution is -2.04. The molecule has 1 aromatic carbocycles. The summed E-state index contributed by atoms with van der Waals surface area (Å²) in [5.41, 5.74) is 0.637. The lowest BCUT2D eigenvalue weighted by atomic mass is 10.3. The number of carbonyl (C=O) groups excluding carboxylic acids is 1. The number of azo groups is 1. The Morgan fingerprint density at radius 3 is 2.62 bits per heavy atom. The molecule has 0 atom stereocenters. The van der Waals surface area contributed by atoms with Crippen LogP contribution in [0.5, 0.6) is 0 Å². The summed E-state index contributed by atoms with van der Waals surface area (Å²) < 4.78 is 5.67. The molecule has 0 N–H and O–H groups in total. The Balaban J connectivity index is 2.63. The second kappa shape index (κ2) is 6.17. The quantitative estimate of drug-likeness (QED) is 0.481. The summed E-state index contributed by atoms with van der Waals surface area (Å²) in [6.45, 7) is 5.48. The van der Waals surface area contributed by atoms with Crippen LogP contribution in [0.4, 0.5) is 5.69 Å². The van der Waals surface area contributed by atoms with Crippen LogP contribution < -0.4 is 0 Å². The summed E-state index contributed by atoms with van der Waals surface area (Å²) in [5, 5.41) is 7.54. The second-order valence-electron chi connectivity index (χ2n) is 2.84. The molecular formula is C11H11BrN2O2. The molecular weight excluding hydrogens is 272 g/mol. The van der Waals surface area contributed by atoms with Gasteiger partial charge in [-0.25, -0.2) is 4.79 Å². The molecule has 0 saturated carbocycles. The van der Waals surface area contributed by atoms with Crippen molar-refractivity contribution in [3.8, 4) is 0 Å². The highest BCUT2D eigenvalue weighted by molar-refractivity contribution is 9.10. The van der Waals surface area contributed by atoms with Gasteiger partial charge in [-0.15, -0.1) is 5.11 Å². The molecule has 0 fully saturated rings. The van der Waals surface area contributed by atoms with Gasteiger partial charge in [0.25, 0.3) is 0 Å². The van der Waals surface area contributed by atoms with E-state index in [4.69, 9.17) is 4.74 Å². The molecule has 0 bridgehead atoms. The third-order valence-electron chi connectivity index (χ3n) is 1.62. The van der Waals surface area contributed by atoms with Crippen molar-refractivity contribution in [3.63, 3.8) is 0 Å². The molecule has 0 spiro atoms. The summed E-state index contributed by atoms with van der Waals surface area (Å²) in [4.78, 5) is 11.1. The van der Waals surface area contributed by atoms with Crippen LogP contribution in [-0.2, 0) is 9.53 Å². The van der Waals surface area contributed by atoms with Crippen LogP contribution in [0.15, 0.2) is 51.2 Å². The minimum Gasteiger partial charge on any atom is -0.461 e. The number of nitrogens with zero attached hydrogens (tertiary/aromatic N) is 2. The Morgan fingerprint density at radius 1 is 1.44 bits per heavy atom. The monoisotopic (exact) mass is 282 g/mol. The Labute approximate surface area is 102 Å². The molecule has 1 aromatic rings. The first-order valence-corrected chi connectivity index (χ1v) is 5.46. The van der Waals surface area contributed by atoms with Crippen LogP contribution >= 0.6 is 15.9 Å². The van der Waals surface area contributed by atoms with Gasteiger partial charge in [0.15, 0.2) is 5.70 Å². The second-order valence-corrected chi connectivity index (χ2v) is 3.76. The van der Waals surface area contributed by atoms with Gasteiger partial charge < -0.3 is 4.74 Å². The van der Waals surface area contributed by atoms with Crippen molar-refractivity contribution in [2.45, 2.75) is 6.92 Å². The standard InChI is InChI=1S/C11H11BrN2O2/c1-3-16-11(15)8(2)13-14-10-6-4-9(12)5-7-10/h4-7H,2-3H2,1H3/b14-13-. The highest BCUT2D eigenvalue weighted by Crippen LogP contribution is 2.17. The molecule has 0 aliphatic rings. The molecule has 1 rings (SSSR count). The highest BCUT2D eigenvalue weighted by atomic mass is 79.9. The van der Waals surface area contributed by atoms with Crippen LogP contribution in [0, 0.1) is 0 Å². The van der Waals surface area contributed by atoms with Gasteiger partial charge in [0, 0.05) is 4.47 Å². The van der Waals surface area contributed by atoms with E-state index in [9.17, 15) is 4.79 Å². The zero-order valence-corrected chi connectivity index (χ0v) is 10.4. The van der Waals surface area contributed by atoms with Gasteiger partial charge >= 0.3 is 5.97 Å². The van der Waals surface area contributed by atoms with Crippen LogP contribution in [0.25, 0.3) is 0 Å². The first-order chi connectivity index (χ1) is 7.63. The van der Waals surface area contributed by atoms with E-state index in [1.807, 2.05) is 12.1 Å². The van der Waals surface area contributed by atoms with E-state index in [1.165, 1.54) is 0 Å². The van der Waals surface area contributed by atoms with Crippen LogP contribution in [0.3, 0.4) is 0 Å². The summed E-state index contributed by atoms with van der Waals surface area (Å²) in [6, 6.07) is 7.21. The number of esters is 1. The summed E-state index contributed by atoms with van der Waals surface area (Å²) >= 11 is 3.31. The largest absolute Gasteiger partial charge is 0.461 e. The van der Waals surface area contributed by atoms with E-state index in [0.717, 1.165) is 4.47 Å². The predicted molar refractivity (Wildman–Crippen MR) is 64.4 cm³/mol. The number of benzene rings is 1. The molecule has 4 nitrogen and oxygen atoms in total. The van der Waals surface area contributed by atoms with E-state index in [1.54, 1.807) is 19.1 Å². The van der Waals surface area contributed by atoms with Crippen molar-refractivity contribution < 1.29 is 9.53 Å². The van der Waals surface area contributed by atoms with Crippen LogP contribution in [-0.4, -0.2) is 12.6 Å². The van der Waals surface area contributed by atoms with Gasteiger partial charge in [-0.05, 0) is 31.2 Å². The molecule has 5 heteroatoms. The zero-order valence-electron chi connectivity index (χ0n) is 8.81. The molecule has 0 aliphatic heterocycles. The van der Waals surface area contributed by atoms with Crippen molar-refractivity contribution in [2.75, 3.05) is 6.61 Å². The smallest absolute Gasteiger partial charge is 0.358 e. The molecule has 0 heterocycles. The van der Waals surface area contributed by atoms with E-state index < -0.39 is 5.97 Å². The van der Waals surface area contributed by atoms with Crippen molar-refractivity contribution in [3.05, 3.63) is 41.0 Å². The Kier molecular flexibility index (Phi) is 4.85. The third-order valence-corrected chi connectivity index (χ3v) is 2.15. The number of ether oxygens (including phenoxy) is 1. The van der Waals surface area contributed by atoms with E-state index >= 15 is 0 Å². The van der Waals surface area contributed by atoms with E-state index in [2.05, 4.69) is 32.7 Å². The summed E-state index contributed by atoms with van der Waals surface area (Å²) in [5.74, 6) is -0.552. The summed E-state index contributed by atoms with van der Waals surface area (Å²) in [7, 11) is 0. The van der Waals surface area contributed by atoms with Gasteiger partial charge in [0.2, 0.25) is 0 Å². The lowest BCUT2D eigenvalue weighted by molar-refractivity contribution is -0.138. The van der Waals surface area contributed by atoms with Gasteiger partial charge in [-0.3, -0.25) is 0 Å². The molecule has 16 heavy (non-hydrogen) atoms. The Morgan fingerprint density at radius 2 is 2.06 bits per heavy atom. The van der Waals surface area contributed by atoms with Gasteiger partial charge in [-0.1, -0.05) is 22.5 Å². The number of carbonyl (C=O) groups is 1. The fourth-order valence-electron chi connectivity index (χ4n) is 0.881. The maximum Gasteiger partial charge on any atom is 0.358 e. The van der Waals surface area contributed by atoms with Gasteiger partial charge in [0.05, 0.1) is 12.3 Å². The molecule has 0 aliphatic carbocycles. The van der Waals surface area contributed by atoms with Crippen molar-refractivity contribution in [1.82, 2.24) is 0 Å². The number of hydrogen-bond acceptors (Lipinski definition) is 4. The fourth-order valence-corrected chi connectivity index (χ4v) is 1.15.